The first-order chi connectivity index (χ1) is 6.29. The van der Waals surface area contributed by atoms with Crippen LogP contribution < -0.4 is 0 Å². The third-order valence-electron chi connectivity index (χ3n) is 2.52. The number of carbonyl (C=O) groups excluding carboxylic acids is 1. The molecule has 0 bridgehead atoms. The number of aliphatic hydroxyl groups is 1. The number of carbonyl (C=O) groups is 1. The molecule has 1 fully saturated rings. The van der Waals surface area contributed by atoms with Crippen LogP contribution in [0.2, 0.25) is 0 Å². The molecular formula is C11H20O3. The molecule has 3 heteroatoms. The van der Waals surface area contributed by atoms with Gasteiger partial charge in [-0.2, -0.15) is 0 Å². The van der Waals surface area contributed by atoms with Gasteiger partial charge in [-0.05, 0) is 11.8 Å². The van der Waals surface area contributed by atoms with Crippen molar-refractivity contribution in [2.24, 2.45) is 11.3 Å². The van der Waals surface area contributed by atoms with Crippen LogP contribution in [0.25, 0.3) is 0 Å². The van der Waals surface area contributed by atoms with Crippen molar-refractivity contribution in [2.45, 2.75) is 52.7 Å². The van der Waals surface area contributed by atoms with Crippen molar-refractivity contribution in [3.05, 3.63) is 0 Å². The van der Waals surface area contributed by atoms with E-state index < -0.39 is 6.10 Å². The zero-order valence-electron chi connectivity index (χ0n) is 9.41. The van der Waals surface area contributed by atoms with E-state index in [-0.39, 0.29) is 23.4 Å². The molecule has 1 heterocycles. The van der Waals surface area contributed by atoms with Crippen LogP contribution in [-0.2, 0) is 9.53 Å². The van der Waals surface area contributed by atoms with Gasteiger partial charge in [-0.15, -0.1) is 0 Å². The molecule has 0 aromatic carbocycles. The Bertz CT molecular complexity index is 217. The Hall–Kier alpha value is -0.570. The van der Waals surface area contributed by atoms with Crippen molar-refractivity contribution in [3.8, 4) is 0 Å². The number of ether oxygens (including phenoxy) is 1. The summed E-state index contributed by atoms with van der Waals surface area (Å²) >= 11 is 0. The molecule has 1 rings (SSSR count). The van der Waals surface area contributed by atoms with Crippen molar-refractivity contribution in [3.63, 3.8) is 0 Å². The fourth-order valence-corrected chi connectivity index (χ4v) is 1.90. The summed E-state index contributed by atoms with van der Waals surface area (Å²) in [6, 6.07) is 0. The number of aliphatic hydroxyl groups excluding tert-OH is 1. The third kappa shape index (κ3) is 2.98. The molecule has 14 heavy (non-hydrogen) atoms. The van der Waals surface area contributed by atoms with E-state index in [4.69, 9.17) is 4.74 Å². The molecule has 1 aliphatic heterocycles. The van der Waals surface area contributed by atoms with Gasteiger partial charge in [0.1, 0.15) is 6.10 Å². The minimum Gasteiger partial charge on any atom is -0.459 e. The second kappa shape index (κ2) is 3.89. The highest BCUT2D eigenvalue weighted by Crippen LogP contribution is 2.30. The Labute approximate surface area is 85.5 Å². The molecule has 0 radical (unpaired) electrons. The van der Waals surface area contributed by atoms with E-state index in [9.17, 15) is 9.90 Å². The summed E-state index contributed by atoms with van der Waals surface area (Å²) in [5.74, 6) is -0.0460. The van der Waals surface area contributed by atoms with Gasteiger partial charge in [0.05, 0.1) is 12.5 Å². The summed E-state index contributed by atoms with van der Waals surface area (Å²) in [4.78, 5) is 11.0. The molecule has 82 valence electrons. The summed E-state index contributed by atoms with van der Waals surface area (Å²) in [6.07, 6.45) is 0.263. The lowest BCUT2D eigenvalue weighted by Gasteiger charge is -2.27. The van der Waals surface area contributed by atoms with Crippen LogP contribution in [0, 0.1) is 11.3 Å². The van der Waals surface area contributed by atoms with Crippen molar-refractivity contribution in [1.29, 1.82) is 0 Å². The van der Waals surface area contributed by atoms with Crippen LogP contribution in [0.3, 0.4) is 0 Å². The molecule has 1 aliphatic rings. The number of cyclic esters (lactones) is 1. The second-order valence-electron chi connectivity index (χ2n) is 5.47. The van der Waals surface area contributed by atoms with E-state index in [1.807, 2.05) is 6.92 Å². The highest BCUT2D eigenvalue weighted by Gasteiger charge is 2.37. The Kier molecular flexibility index (Phi) is 3.20. The van der Waals surface area contributed by atoms with Crippen LogP contribution in [0.4, 0.5) is 0 Å². The van der Waals surface area contributed by atoms with Crippen molar-refractivity contribution < 1.29 is 14.6 Å². The van der Waals surface area contributed by atoms with Gasteiger partial charge in [0.25, 0.3) is 0 Å². The van der Waals surface area contributed by atoms with Crippen molar-refractivity contribution in [1.82, 2.24) is 0 Å². The summed E-state index contributed by atoms with van der Waals surface area (Å²) in [5, 5.41) is 9.90. The molecule has 0 spiro atoms. The van der Waals surface area contributed by atoms with Gasteiger partial charge in [-0.3, -0.25) is 4.79 Å². The van der Waals surface area contributed by atoms with E-state index in [1.54, 1.807) is 0 Å². The van der Waals surface area contributed by atoms with Crippen LogP contribution in [0.1, 0.15) is 40.5 Å². The molecule has 3 atom stereocenters. The molecule has 0 aromatic rings. The number of hydrogen-bond acceptors (Lipinski definition) is 3. The molecule has 0 unspecified atom stereocenters. The Morgan fingerprint density at radius 3 is 2.50 bits per heavy atom. The molecule has 0 saturated carbocycles. The van der Waals surface area contributed by atoms with Crippen LogP contribution in [-0.4, -0.2) is 23.3 Å². The van der Waals surface area contributed by atoms with Gasteiger partial charge >= 0.3 is 5.97 Å². The predicted octanol–water partition coefficient (Wildman–Crippen LogP) is 1.74. The Balaban J connectivity index is 2.53. The molecule has 1 N–H and O–H groups in total. The molecule has 0 amide bonds. The average Bonchev–Trinajstić information content (AvgIpc) is 2.26. The summed E-state index contributed by atoms with van der Waals surface area (Å²) in [7, 11) is 0. The van der Waals surface area contributed by atoms with E-state index in [1.165, 1.54) is 0 Å². The maximum Gasteiger partial charge on any atom is 0.306 e. The van der Waals surface area contributed by atoms with E-state index >= 15 is 0 Å². The monoisotopic (exact) mass is 200 g/mol. The van der Waals surface area contributed by atoms with E-state index in [0.717, 1.165) is 0 Å². The maximum atomic E-state index is 11.0. The molecule has 0 aliphatic carbocycles. The van der Waals surface area contributed by atoms with Crippen molar-refractivity contribution >= 4 is 5.97 Å². The normalized spacial score (nSPS) is 30.2. The first-order valence-corrected chi connectivity index (χ1v) is 5.17. The standard InChI is InChI=1S/C11H20O3/c1-7-5-9(13)14-10(7)8(12)6-11(2,3)4/h7-8,10,12H,5-6H2,1-4H3/t7-,8-,10+/m1/s1. The Morgan fingerprint density at radius 1 is 1.57 bits per heavy atom. The third-order valence-corrected chi connectivity index (χ3v) is 2.52. The lowest BCUT2D eigenvalue weighted by Crippen LogP contribution is -2.33. The van der Waals surface area contributed by atoms with Crippen LogP contribution in [0.5, 0.6) is 0 Å². The highest BCUT2D eigenvalue weighted by molar-refractivity contribution is 5.72. The fraction of sp³-hybridized carbons (Fsp3) is 0.909. The Morgan fingerprint density at radius 2 is 2.14 bits per heavy atom. The van der Waals surface area contributed by atoms with E-state index in [2.05, 4.69) is 20.8 Å². The summed E-state index contributed by atoms with van der Waals surface area (Å²) in [6.45, 7) is 8.15. The topological polar surface area (TPSA) is 46.5 Å². The minimum atomic E-state index is -0.531. The smallest absolute Gasteiger partial charge is 0.306 e. The van der Waals surface area contributed by atoms with E-state index in [0.29, 0.717) is 12.8 Å². The molecule has 1 saturated heterocycles. The lowest BCUT2D eigenvalue weighted by molar-refractivity contribution is -0.146. The first kappa shape index (κ1) is 11.5. The summed E-state index contributed by atoms with van der Waals surface area (Å²) < 4.78 is 5.09. The first-order valence-electron chi connectivity index (χ1n) is 5.17. The minimum absolute atomic E-state index is 0.0636. The SMILES string of the molecule is C[C@@H]1CC(=O)O[C@@H]1[C@H](O)CC(C)(C)C. The quantitative estimate of drug-likeness (QED) is 0.690. The lowest BCUT2D eigenvalue weighted by atomic mass is 9.85. The zero-order chi connectivity index (χ0) is 10.9. The van der Waals surface area contributed by atoms with Gasteiger partial charge in [-0.1, -0.05) is 27.7 Å². The highest BCUT2D eigenvalue weighted by atomic mass is 16.6. The maximum absolute atomic E-state index is 11.0. The zero-order valence-corrected chi connectivity index (χ0v) is 9.41. The average molecular weight is 200 g/mol. The van der Waals surface area contributed by atoms with Crippen LogP contribution in [0.15, 0.2) is 0 Å². The number of rotatable bonds is 2. The molecule has 3 nitrogen and oxygen atoms in total. The van der Waals surface area contributed by atoms with Crippen molar-refractivity contribution in [2.75, 3.05) is 0 Å². The number of esters is 1. The van der Waals surface area contributed by atoms with Gasteiger partial charge < -0.3 is 9.84 Å². The van der Waals surface area contributed by atoms with Gasteiger partial charge in [0, 0.05) is 5.92 Å². The van der Waals surface area contributed by atoms with Crippen LogP contribution >= 0.6 is 0 Å². The largest absolute Gasteiger partial charge is 0.459 e. The fourth-order valence-electron chi connectivity index (χ4n) is 1.90. The molecule has 0 aromatic heterocycles. The van der Waals surface area contributed by atoms with Gasteiger partial charge in [0.2, 0.25) is 0 Å². The number of hydrogen-bond donors (Lipinski definition) is 1. The summed E-state index contributed by atoms with van der Waals surface area (Å²) in [5.41, 5.74) is 0.0636. The second-order valence-corrected chi connectivity index (χ2v) is 5.47. The molecular weight excluding hydrogens is 180 g/mol. The van der Waals surface area contributed by atoms with Gasteiger partial charge in [-0.25, -0.2) is 0 Å². The van der Waals surface area contributed by atoms with Gasteiger partial charge in [0.15, 0.2) is 0 Å². The predicted molar refractivity (Wildman–Crippen MR) is 53.7 cm³/mol.